The van der Waals surface area contributed by atoms with E-state index in [0.717, 1.165) is 22.6 Å². The van der Waals surface area contributed by atoms with Gasteiger partial charge in [-0.1, -0.05) is 23.7 Å². The smallest absolute Gasteiger partial charge is 0.129 e. The van der Waals surface area contributed by atoms with Crippen LogP contribution in [-0.2, 0) is 6.61 Å². The summed E-state index contributed by atoms with van der Waals surface area (Å²) in [5.74, 6) is 0.889. The minimum Gasteiger partial charge on any atom is -0.488 e. The summed E-state index contributed by atoms with van der Waals surface area (Å²) in [4.78, 5) is 4.35. The van der Waals surface area contributed by atoms with Gasteiger partial charge in [-0.2, -0.15) is 0 Å². The van der Waals surface area contributed by atoms with E-state index in [-0.39, 0.29) is 0 Å². The zero-order valence-electron chi connectivity index (χ0n) is 7.90. The second-order valence-corrected chi connectivity index (χ2v) is 3.88. The fourth-order valence-corrected chi connectivity index (χ4v) is 1.96. The Morgan fingerprint density at radius 3 is 3.07 bits per heavy atom. The Morgan fingerprint density at radius 1 is 1.27 bits per heavy atom. The molecule has 0 spiro atoms. The van der Waals surface area contributed by atoms with E-state index in [9.17, 15) is 0 Å². The van der Waals surface area contributed by atoms with Crippen LogP contribution in [0.2, 0.25) is 5.02 Å². The molecule has 0 N–H and O–H groups in total. The van der Waals surface area contributed by atoms with Crippen LogP contribution < -0.4 is 4.74 Å². The van der Waals surface area contributed by atoms with Crippen LogP contribution in [0.5, 0.6) is 5.75 Å². The number of benzene rings is 1. The van der Waals surface area contributed by atoms with Gasteiger partial charge in [0, 0.05) is 17.3 Å². The highest BCUT2D eigenvalue weighted by atomic mass is 35.5. The Labute approximate surface area is 92.5 Å². The van der Waals surface area contributed by atoms with Crippen molar-refractivity contribution in [3.8, 4) is 17.0 Å². The van der Waals surface area contributed by atoms with Gasteiger partial charge in [0.2, 0.25) is 0 Å². The van der Waals surface area contributed by atoms with Gasteiger partial charge in [-0.05, 0) is 18.2 Å². The maximum Gasteiger partial charge on any atom is 0.129 e. The van der Waals surface area contributed by atoms with Crippen molar-refractivity contribution in [2.45, 2.75) is 6.61 Å². The van der Waals surface area contributed by atoms with E-state index in [0.29, 0.717) is 11.6 Å². The van der Waals surface area contributed by atoms with Gasteiger partial charge in [-0.25, -0.2) is 0 Å². The fourth-order valence-electron chi connectivity index (χ4n) is 1.78. The lowest BCUT2D eigenvalue weighted by Gasteiger charge is -2.19. The maximum atomic E-state index is 5.89. The first-order valence-corrected chi connectivity index (χ1v) is 5.09. The molecule has 74 valence electrons. The Morgan fingerprint density at radius 2 is 2.13 bits per heavy atom. The Kier molecular flexibility index (Phi) is 1.89. The largest absolute Gasteiger partial charge is 0.488 e. The number of halogens is 1. The lowest BCUT2D eigenvalue weighted by atomic mass is 10.0. The van der Waals surface area contributed by atoms with Crippen LogP contribution in [0.1, 0.15) is 5.56 Å². The first kappa shape index (κ1) is 8.74. The SMILES string of the molecule is Clc1cnc2c(c1)COc1ccccc1-2. The summed E-state index contributed by atoms with van der Waals surface area (Å²) in [5, 5.41) is 0.650. The highest BCUT2D eigenvalue weighted by molar-refractivity contribution is 6.30. The summed E-state index contributed by atoms with van der Waals surface area (Å²) >= 11 is 5.89. The second-order valence-electron chi connectivity index (χ2n) is 3.45. The molecule has 1 aromatic heterocycles. The van der Waals surface area contributed by atoms with E-state index in [1.54, 1.807) is 6.20 Å². The van der Waals surface area contributed by atoms with Gasteiger partial charge in [0.15, 0.2) is 0 Å². The molecule has 0 aliphatic carbocycles. The number of hydrogen-bond acceptors (Lipinski definition) is 2. The molecule has 1 aliphatic rings. The quantitative estimate of drug-likeness (QED) is 0.676. The molecule has 0 atom stereocenters. The summed E-state index contributed by atoms with van der Waals surface area (Å²) in [7, 11) is 0. The molecule has 0 saturated heterocycles. The maximum absolute atomic E-state index is 5.89. The van der Waals surface area contributed by atoms with Gasteiger partial charge in [0.1, 0.15) is 12.4 Å². The van der Waals surface area contributed by atoms with Crippen LogP contribution >= 0.6 is 11.6 Å². The third-order valence-corrected chi connectivity index (χ3v) is 2.67. The van der Waals surface area contributed by atoms with E-state index >= 15 is 0 Å². The third kappa shape index (κ3) is 1.38. The molecule has 3 rings (SSSR count). The summed E-state index contributed by atoms with van der Waals surface area (Å²) in [6.45, 7) is 0.542. The van der Waals surface area contributed by atoms with Crippen molar-refractivity contribution in [1.29, 1.82) is 0 Å². The predicted molar refractivity (Wildman–Crippen MR) is 59.0 cm³/mol. The zero-order valence-corrected chi connectivity index (χ0v) is 8.66. The average molecular weight is 218 g/mol. The highest BCUT2D eigenvalue weighted by Crippen LogP contribution is 2.36. The topological polar surface area (TPSA) is 22.1 Å². The molecule has 1 aromatic carbocycles. The number of hydrogen-bond donors (Lipinski definition) is 0. The summed E-state index contributed by atoms with van der Waals surface area (Å²) < 4.78 is 5.61. The van der Waals surface area contributed by atoms with Crippen LogP contribution in [0, 0.1) is 0 Å². The number of ether oxygens (including phenoxy) is 1. The molecule has 0 bridgehead atoms. The Hall–Kier alpha value is -1.54. The first-order valence-electron chi connectivity index (χ1n) is 4.71. The molecule has 1 aliphatic heterocycles. The lowest BCUT2D eigenvalue weighted by molar-refractivity contribution is 0.301. The number of nitrogens with zero attached hydrogens (tertiary/aromatic N) is 1. The molecule has 0 saturated carbocycles. The van der Waals surface area contributed by atoms with Gasteiger partial charge < -0.3 is 4.74 Å². The van der Waals surface area contributed by atoms with Crippen molar-refractivity contribution in [2.75, 3.05) is 0 Å². The molecule has 2 heterocycles. The normalized spacial score (nSPS) is 12.6. The average Bonchev–Trinajstić information content (AvgIpc) is 2.28. The van der Waals surface area contributed by atoms with Gasteiger partial charge in [-0.3, -0.25) is 4.98 Å². The van der Waals surface area contributed by atoms with Crippen molar-refractivity contribution in [1.82, 2.24) is 4.98 Å². The number of pyridine rings is 1. The van der Waals surface area contributed by atoms with Crippen molar-refractivity contribution in [2.24, 2.45) is 0 Å². The minimum atomic E-state index is 0.542. The Bertz CT molecular complexity index is 525. The molecule has 2 aromatic rings. The molecule has 0 amide bonds. The summed E-state index contributed by atoms with van der Waals surface area (Å²) in [5.41, 5.74) is 3.05. The second kappa shape index (κ2) is 3.24. The number of fused-ring (bicyclic) bond motifs is 3. The molecular formula is C12H8ClNO. The molecule has 2 nitrogen and oxygen atoms in total. The van der Waals surface area contributed by atoms with Crippen LogP contribution in [-0.4, -0.2) is 4.98 Å². The van der Waals surface area contributed by atoms with Gasteiger partial charge in [0.25, 0.3) is 0 Å². The minimum absolute atomic E-state index is 0.542. The van der Waals surface area contributed by atoms with Crippen molar-refractivity contribution in [3.05, 3.63) is 47.1 Å². The van der Waals surface area contributed by atoms with Crippen molar-refractivity contribution < 1.29 is 4.74 Å². The highest BCUT2D eigenvalue weighted by Gasteiger charge is 2.17. The van der Waals surface area contributed by atoms with Crippen LogP contribution in [0.3, 0.4) is 0 Å². The fraction of sp³-hybridized carbons (Fsp3) is 0.0833. The van der Waals surface area contributed by atoms with Crippen LogP contribution in [0.4, 0.5) is 0 Å². The van der Waals surface area contributed by atoms with Crippen LogP contribution in [0.25, 0.3) is 11.3 Å². The molecular weight excluding hydrogens is 210 g/mol. The van der Waals surface area contributed by atoms with Crippen LogP contribution in [0.15, 0.2) is 36.5 Å². The van der Waals surface area contributed by atoms with Crippen molar-refractivity contribution in [3.63, 3.8) is 0 Å². The number of para-hydroxylation sites is 1. The van der Waals surface area contributed by atoms with E-state index < -0.39 is 0 Å². The monoisotopic (exact) mass is 217 g/mol. The lowest BCUT2D eigenvalue weighted by Crippen LogP contribution is -2.06. The van der Waals surface area contributed by atoms with Gasteiger partial charge in [0.05, 0.1) is 10.7 Å². The van der Waals surface area contributed by atoms with E-state index in [4.69, 9.17) is 16.3 Å². The molecule has 0 unspecified atom stereocenters. The van der Waals surface area contributed by atoms with Crippen molar-refractivity contribution >= 4 is 11.6 Å². The number of aromatic nitrogens is 1. The van der Waals surface area contributed by atoms with Gasteiger partial charge >= 0.3 is 0 Å². The molecule has 15 heavy (non-hydrogen) atoms. The number of rotatable bonds is 0. The molecule has 0 fully saturated rings. The molecule has 3 heteroatoms. The molecule has 0 radical (unpaired) electrons. The van der Waals surface area contributed by atoms with E-state index in [1.807, 2.05) is 30.3 Å². The standard InChI is InChI=1S/C12H8ClNO/c13-9-5-8-7-15-11-4-2-1-3-10(11)12(8)14-6-9/h1-6H,7H2. The first-order chi connectivity index (χ1) is 7.34. The van der Waals surface area contributed by atoms with E-state index in [2.05, 4.69) is 4.98 Å². The zero-order chi connectivity index (χ0) is 10.3. The predicted octanol–water partition coefficient (Wildman–Crippen LogP) is 3.29. The van der Waals surface area contributed by atoms with E-state index in [1.165, 1.54) is 0 Å². The Balaban J connectivity index is 2.26. The summed E-state index contributed by atoms with van der Waals surface area (Å²) in [6, 6.07) is 9.80. The van der Waals surface area contributed by atoms with Gasteiger partial charge in [-0.15, -0.1) is 0 Å². The third-order valence-electron chi connectivity index (χ3n) is 2.46. The summed E-state index contributed by atoms with van der Waals surface area (Å²) in [6.07, 6.45) is 1.67.